The summed E-state index contributed by atoms with van der Waals surface area (Å²) in [6.07, 6.45) is 2.45. The number of non-ortho nitro benzene ring substituents is 1. The number of carbonyl (C=O) groups is 1. The highest BCUT2D eigenvalue weighted by atomic mass is 16.6. The number of hydrogen-bond donors (Lipinski definition) is 2. The zero-order valence-electron chi connectivity index (χ0n) is 16.0. The Balaban J connectivity index is 1.97. The molecule has 2 rings (SSSR count). The van der Waals surface area contributed by atoms with Gasteiger partial charge in [0.05, 0.1) is 18.0 Å². The maximum Gasteiger partial charge on any atom is 0.269 e. The van der Waals surface area contributed by atoms with Crippen molar-refractivity contribution in [2.24, 2.45) is 4.99 Å². The van der Waals surface area contributed by atoms with Gasteiger partial charge in [0, 0.05) is 51.1 Å². The first-order valence-corrected chi connectivity index (χ1v) is 8.81. The van der Waals surface area contributed by atoms with Crippen molar-refractivity contribution in [2.75, 3.05) is 27.2 Å². The van der Waals surface area contributed by atoms with Crippen LogP contribution in [0.1, 0.15) is 11.3 Å². The lowest BCUT2D eigenvalue weighted by molar-refractivity contribution is -0.384. The standard InChI is InChI=1S/C19H24N6O3/c1-24(2)18(26)14-23-19(21-12-10-16-5-3-4-11-20-16)22-13-15-6-8-17(9-7-15)25(27)28/h3-9,11H,10,12-14H2,1-2H3,(H2,21,22,23). The molecular formula is C19H24N6O3. The van der Waals surface area contributed by atoms with Crippen LogP contribution in [-0.2, 0) is 17.8 Å². The number of carbonyl (C=O) groups excluding carboxylic acids is 1. The van der Waals surface area contributed by atoms with Gasteiger partial charge in [-0.05, 0) is 17.7 Å². The number of amides is 1. The Morgan fingerprint density at radius 2 is 1.93 bits per heavy atom. The molecule has 0 radical (unpaired) electrons. The molecule has 0 unspecified atom stereocenters. The van der Waals surface area contributed by atoms with E-state index < -0.39 is 4.92 Å². The summed E-state index contributed by atoms with van der Waals surface area (Å²) in [5.41, 5.74) is 1.82. The van der Waals surface area contributed by atoms with E-state index in [9.17, 15) is 14.9 Å². The zero-order chi connectivity index (χ0) is 20.4. The molecule has 9 heteroatoms. The van der Waals surface area contributed by atoms with Crippen LogP contribution < -0.4 is 10.6 Å². The predicted octanol–water partition coefficient (Wildman–Crippen LogP) is 1.36. The molecule has 2 aromatic rings. The van der Waals surface area contributed by atoms with Crippen molar-refractivity contribution in [1.29, 1.82) is 0 Å². The monoisotopic (exact) mass is 384 g/mol. The summed E-state index contributed by atoms with van der Waals surface area (Å²) in [6, 6.07) is 12.0. The molecule has 9 nitrogen and oxygen atoms in total. The lowest BCUT2D eigenvalue weighted by Crippen LogP contribution is -2.43. The predicted molar refractivity (Wildman–Crippen MR) is 107 cm³/mol. The Kier molecular flexibility index (Phi) is 7.89. The first-order valence-electron chi connectivity index (χ1n) is 8.81. The number of nitro benzene ring substituents is 1. The molecule has 2 N–H and O–H groups in total. The van der Waals surface area contributed by atoms with Crippen LogP contribution in [0.25, 0.3) is 0 Å². The van der Waals surface area contributed by atoms with Gasteiger partial charge in [0.2, 0.25) is 5.91 Å². The van der Waals surface area contributed by atoms with Gasteiger partial charge in [-0.25, -0.2) is 4.99 Å². The van der Waals surface area contributed by atoms with Crippen LogP contribution in [0, 0.1) is 10.1 Å². The van der Waals surface area contributed by atoms with Crippen LogP contribution in [0.3, 0.4) is 0 Å². The van der Waals surface area contributed by atoms with Gasteiger partial charge in [0.25, 0.3) is 5.69 Å². The summed E-state index contributed by atoms with van der Waals surface area (Å²) >= 11 is 0. The highest BCUT2D eigenvalue weighted by Gasteiger charge is 2.07. The molecule has 0 aliphatic heterocycles. The summed E-state index contributed by atoms with van der Waals surface area (Å²) in [7, 11) is 3.37. The molecule has 0 spiro atoms. The lowest BCUT2D eigenvalue weighted by atomic mass is 10.2. The molecule has 0 atom stereocenters. The van der Waals surface area contributed by atoms with Crippen LogP contribution in [0.4, 0.5) is 5.69 Å². The second-order valence-corrected chi connectivity index (χ2v) is 6.23. The summed E-state index contributed by atoms with van der Waals surface area (Å²) in [5, 5.41) is 16.9. The molecule has 0 aliphatic rings. The van der Waals surface area contributed by atoms with Gasteiger partial charge in [-0.15, -0.1) is 0 Å². The van der Waals surface area contributed by atoms with Gasteiger partial charge >= 0.3 is 0 Å². The number of aliphatic imine (C=N–C) groups is 1. The normalized spacial score (nSPS) is 11.0. The van der Waals surface area contributed by atoms with E-state index in [1.807, 2.05) is 18.2 Å². The Labute approximate surface area is 163 Å². The summed E-state index contributed by atoms with van der Waals surface area (Å²) in [6.45, 7) is 1.04. The largest absolute Gasteiger partial charge is 0.356 e. The molecule has 148 valence electrons. The number of benzene rings is 1. The average Bonchev–Trinajstić information content (AvgIpc) is 2.70. The fourth-order valence-corrected chi connectivity index (χ4v) is 2.24. The molecule has 0 bridgehead atoms. The van der Waals surface area contributed by atoms with Crippen LogP contribution in [0.15, 0.2) is 53.7 Å². The maximum absolute atomic E-state index is 11.8. The molecule has 1 aromatic carbocycles. The molecule has 1 amide bonds. The highest BCUT2D eigenvalue weighted by Crippen LogP contribution is 2.12. The number of likely N-dealkylation sites (N-methyl/N-ethyl adjacent to an activating group) is 1. The molecule has 0 aliphatic carbocycles. The van der Waals surface area contributed by atoms with E-state index in [1.165, 1.54) is 17.0 Å². The highest BCUT2D eigenvalue weighted by molar-refractivity contribution is 5.86. The number of aromatic nitrogens is 1. The van der Waals surface area contributed by atoms with Gasteiger partial charge < -0.3 is 15.5 Å². The first kappa shape index (κ1) is 20.8. The molecule has 1 aromatic heterocycles. The second-order valence-electron chi connectivity index (χ2n) is 6.23. The van der Waals surface area contributed by atoms with Crippen LogP contribution in [-0.4, -0.2) is 53.9 Å². The minimum atomic E-state index is -0.438. The van der Waals surface area contributed by atoms with E-state index in [4.69, 9.17) is 0 Å². The molecule has 0 saturated carbocycles. The van der Waals surface area contributed by atoms with Crippen molar-refractivity contribution in [1.82, 2.24) is 20.5 Å². The summed E-state index contributed by atoms with van der Waals surface area (Å²) in [5.74, 6) is 0.416. The van der Waals surface area contributed by atoms with E-state index in [-0.39, 0.29) is 18.1 Å². The van der Waals surface area contributed by atoms with Gasteiger partial charge in [-0.1, -0.05) is 18.2 Å². The molecule has 0 saturated heterocycles. The smallest absolute Gasteiger partial charge is 0.269 e. The van der Waals surface area contributed by atoms with E-state index in [2.05, 4.69) is 20.6 Å². The number of nitrogens with one attached hydrogen (secondary N) is 2. The second kappa shape index (κ2) is 10.6. The maximum atomic E-state index is 11.8. The van der Waals surface area contributed by atoms with Crippen molar-refractivity contribution in [3.05, 3.63) is 70.0 Å². The number of pyridine rings is 1. The minimum absolute atomic E-state index is 0.0381. The number of nitrogens with zero attached hydrogens (tertiary/aromatic N) is 4. The van der Waals surface area contributed by atoms with Crippen LogP contribution >= 0.6 is 0 Å². The molecule has 28 heavy (non-hydrogen) atoms. The first-order chi connectivity index (χ1) is 13.5. The molecule has 0 fully saturated rings. The SMILES string of the molecule is CN(C)C(=O)CNC(=NCc1ccc([N+](=O)[O-])cc1)NCCc1ccccn1. The minimum Gasteiger partial charge on any atom is -0.356 e. The van der Waals surface area contributed by atoms with Crippen molar-refractivity contribution in [2.45, 2.75) is 13.0 Å². The quantitative estimate of drug-likeness (QED) is 0.307. The Bertz CT molecular complexity index is 806. The van der Waals surface area contributed by atoms with E-state index in [0.29, 0.717) is 25.5 Å². The van der Waals surface area contributed by atoms with Crippen LogP contribution in [0.5, 0.6) is 0 Å². The van der Waals surface area contributed by atoms with Gasteiger partial charge in [0.1, 0.15) is 0 Å². The third kappa shape index (κ3) is 7.02. The molecule has 1 heterocycles. The number of nitro groups is 1. The van der Waals surface area contributed by atoms with Crippen molar-refractivity contribution in [3.8, 4) is 0 Å². The number of hydrogen-bond acceptors (Lipinski definition) is 5. The van der Waals surface area contributed by atoms with Gasteiger partial charge in [-0.2, -0.15) is 0 Å². The summed E-state index contributed by atoms with van der Waals surface area (Å²) < 4.78 is 0. The van der Waals surface area contributed by atoms with Gasteiger partial charge in [0.15, 0.2) is 5.96 Å². The Hall–Kier alpha value is -3.49. The van der Waals surface area contributed by atoms with Crippen molar-refractivity contribution in [3.63, 3.8) is 0 Å². The summed E-state index contributed by atoms with van der Waals surface area (Å²) in [4.78, 5) is 32.4. The van der Waals surface area contributed by atoms with E-state index in [1.54, 1.807) is 32.4 Å². The number of guanidine groups is 1. The lowest BCUT2D eigenvalue weighted by Gasteiger charge is -2.15. The Morgan fingerprint density at radius 3 is 2.54 bits per heavy atom. The fourth-order valence-electron chi connectivity index (χ4n) is 2.24. The van der Waals surface area contributed by atoms with E-state index >= 15 is 0 Å². The fraction of sp³-hybridized carbons (Fsp3) is 0.316. The van der Waals surface area contributed by atoms with Crippen molar-refractivity contribution >= 4 is 17.6 Å². The third-order valence-electron chi connectivity index (χ3n) is 3.87. The number of rotatable bonds is 8. The van der Waals surface area contributed by atoms with E-state index in [0.717, 1.165) is 11.3 Å². The topological polar surface area (TPSA) is 113 Å². The molecular weight excluding hydrogens is 360 g/mol. The van der Waals surface area contributed by atoms with Crippen LogP contribution in [0.2, 0.25) is 0 Å². The van der Waals surface area contributed by atoms with Gasteiger partial charge in [-0.3, -0.25) is 19.9 Å². The average molecular weight is 384 g/mol. The Morgan fingerprint density at radius 1 is 1.18 bits per heavy atom. The zero-order valence-corrected chi connectivity index (χ0v) is 16.0. The van der Waals surface area contributed by atoms with Crippen molar-refractivity contribution < 1.29 is 9.72 Å². The third-order valence-corrected chi connectivity index (χ3v) is 3.87.